The smallest absolute Gasteiger partial charge is 0.404 e. The molecule has 0 aromatic heterocycles. The highest BCUT2D eigenvalue weighted by Crippen LogP contribution is 2.08. The van der Waals surface area contributed by atoms with Gasteiger partial charge in [-0.3, -0.25) is 0 Å². The minimum Gasteiger partial charge on any atom is -0.448 e. The quantitative estimate of drug-likeness (QED) is 0.604. The zero-order valence-electron chi connectivity index (χ0n) is 10.2. The molecule has 0 aliphatic carbocycles. The molecule has 0 bridgehead atoms. The molecule has 0 N–H and O–H groups in total. The molecule has 90 valence electrons. The molecule has 1 saturated heterocycles. The molecule has 4 heteroatoms. The highest BCUT2D eigenvalue weighted by Gasteiger charge is 2.13. The van der Waals surface area contributed by atoms with E-state index in [0.29, 0.717) is 0 Å². The van der Waals surface area contributed by atoms with Crippen LogP contribution in [0.3, 0.4) is 0 Å². The van der Waals surface area contributed by atoms with Gasteiger partial charge in [-0.1, -0.05) is 6.42 Å². The van der Waals surface area contributed by atoms with Crippen molar-refractivity contribution in [2.75, 3.05) is 20.1 Å². The summed E-state index contributed by atoms with van der Waals surface area (Å²) in [5, 5.41) is 0. The van der Waals surface area contributed by atoms with Crippen LogP contribution in [0.15, 0.2) is 0 Å². The van der Waals surface area contributed by atoms with Crippen LogP contribution in [0, 0.1) is 0 Å². The second kappa shape index (κ2) is 7.07. The van der Waals surface area contributed by atoms with Gasteiger partial charge < -0.3 is 9.64 Å². The van der Waals surface area contributed by atoms with E-state index in [2.05, 4.69) is 16.7 Å². The Bertz CT molecular complexity index is 184. The normalized spacial score (nSPS) is 17.7. The Morgan fingerprint density at radius 2 is 1.67 bits per heavy atom. The van der Waals surface area contributed by atoms with Crippen LogP contribution in [0.25, 0.3) is 0 Å². The van der Waals surface area contributed by atoms with Crippen LogP contribution in [0.2, 0.25) is 0 Å². The molecule has 0 unspecified atom stereocenters. The molecule has 0 aromatic carbocycles. The van der Waals surface area contributed by atoms with E-state index in [-0.39, 0.29) is 0 Å². The summed E-state index contributed by atoms with van der Waals surface area (Å²) in [5.74, 6) is 0. The van der Waals surface area contributed by atoms with Crippen molar-refractivity contribution in [3.63, 3.8) is 0 Å². The largest absolute Gasteiger partial charge is 0.448 e. The highest BCUT2D eigenvalue weighted by molar-refractivity contribution is 6.61. The first-order valence-corrected chi connectivity index (χ1v) is 5.76. The van der Waals surface area contributed by atoms with Gasteiger partial charge in [-0.05, 0) is 53.8 Å². The predicted molar refractivity (Wildman–Crippen MR) is 63.4 cm³/mol. The number of likely N-dealkylation sites (tertiary alicyclic amines) is 1. The topological polar surface area (TPSA) is 29.5 Å². The van der Waals surface area contributed by atoms with E-state index in [4.69, 9.17) is 11.6 Å². The van der Waals surface area contributed by atoms with Crippen LogP contribution in [-0.4, -0.2) is 36.1 Å². The summed E-state index contributed by atoms with van der Waals surface area (Å²) in [4.78, 5) is 12.4. The molecule has 1 rings (SSSR count). The summed E-state index contributed by atoms with van der Waals surface area (Å²) < 4.78 is 4.56. The fourth-order valence-electron chi connectivity index (χ4n) is 1.29. The predicted octanol–water partition coefficient (Wildman–Crippen LogP) is 3.26. The lowest BCUT2D eigenvalue weighted by molar-refractivity contribution is 0.0725. The first kappa shape index (κ1) is 14.7. The molecule has 0 amide bonds. The van der Waals surface area contributed by atoms with Crippen molar-refractivity contribution < 1.29 is 9.53 Å². The molecule has 15 heavy (non-hydrogen) atoms. The number of halogens is 1. The fraction of sp³-hybridized carbons (Fsp3) is 0.909. The first-order chi connectivity index (χ1) is 6.81. The number of carbonyl (C=O) groups is 1. The van der Waals surface area contributed by atoms with E-state index in [1.54, 1.807) is 20.8 Å². The Morgan fingerprint density at radius 3 is 1.80 bits per heavy atom. The van der Waals surface area contributed by atoms with Gasteiger partial charge in [0, 0.05) is 11.6 Å². The third-order valence-corrected chi connectivity index (χ3v) is 2.04. The monoisotopic (exact) mass is 235 g/mol. The van der Waals surface area contributed by atoms with Crippen LogP contribution in [0.1, 0.15) is 40.0 Å². The summed E-state index contributed by atoms with van der Waals surface area (Å²) in [6.07, 6.45) is 4.28. The average molecular weight is 236 g/mol. The molecule has 1 fully saturated rings. The van der Waals surface area contributed by atoms with Gasteiger partial charge in [0.1, 0.15) is 5.60 Å². The number of piperidine rings is 1. The van der Waals surface area contributed by atoms with Crippen LogP contribution in [0.4, 0.5) is 4.79 Å². The molecule has 1 aliphatic rings. The van der Waals surface area contributed by atoms with Gasteiger partial charge in [0.15, 0.2) is 0 Å². The first-order valence-electron chi connectivity index (χ1n) is 5.38. The van der Waals surface area contributed by atoms with E-state index in [0.717, 1.165) is 0 Å². The maximum atomic E-state index is 10.0. The van der Waals surface area contributed by atoms with Crippen molar-refractivity contribution in [1.29, 1.82) is 0 Å². The van der Waals surface area contributed by atoms with E-state index < -0.39 is 11.0 Å². The number of nitrogens with zero attached hydrogens (tertiary/aromatic N) is 1. The summed E-state index contributed by atoms with van der Waals surface area (Å²) >= 11 is 4.90. The molecule has 1 aliphatic heterocycles. The van der Waals surface area contributed by atoms with Crippen LogP contribution < -0.4 is 0 Å². The number of carbonyl (C=O) groups excluding carboxylic acids is 1. The number of hydrogen-bond donors (Lipinski definition) is 0. The number of ether oxygens (including phenoxy) is 1. The zero-order valence-corrected chi connectivity index (χ0v) is 10.9. The molecular weight excluding hydrogens is 214 g/mol. The number of hydrogen-bond acceptors (Lipinski definition) is 3. The van der Waals surface area contributed by atoms with Crippen molar-refractivity contribution in [3.8, 4) is 0 Å². The van der Waals surface area contributed by atoms with Crippen LogP contribution in [-0.2, 0) is 4.74 Å². The average Bonchev–Trinajstić information content (AvgIpc) is 2.01. The maximum Gasteiger partial charge on any atom is 0.404 e. The van der Waals surface area contributed by atoms with Crippen LogP contribution in [0.5, 0.6) is 0 Å². The Kier molecular flexibility index (Phi) is 6.94. The molecule has 0 radical (unpaired) electrons. The summed E-state index contributed by atoms with van der Waals surface area (Å²) in [6.45, 7) is 7.91. The molecule has 1 heterocycles. The Hall–Kier alpha value is -0.280. The summed E-state index contributed by atoms with van der Waals surface area (Å²) in [7, 11) is 2.19. The van der Waals surface area contributed by atoms with Crippen LogP contribution >= 0.6 is 11.6 Å². The lowest BCUT2D eigenvalue weighted by atomic mass is 10.1. The van der Waals surface area contributed by atoms with Crippen molar-refractivity contribution in [2.24, 2.45) is 0 Å². The molecule has 3 nitrogen and oxygen atoms in total. The van der Waals surface area contributed by atoms with Gasteiger partial charge in [0.25, 0.3) is 0 Å². The van der Waals surface area contributed by atoms with Gasteiger partial charge in [0.2, 0.25) is 0 Å². The van der Waals surface area contributed by atoms with Crippen molar-refractivity contribution in [2.45, 2.75) is 45.6 Å². The maximum absolute atomic E-state index is 10.0. The van der Waals surface area contributed by atoms with Crippen molar-refractivity contribution in [1.82, 2.24) is 4.90 Å². The van der Waals surface area contributed by atoms with Gasteiger partial charge in [-0.25, -0.2) is 4.79 Å². The van der Waals surface area contributed by atoms with Gasteiger partial charge >= 0.3 is 5.43 Å². The molecule has 0 spiro atoms. The summed E-state index contributed by atoms with van der Waals surface area (Å²) in [6, 6.07) is 0. The third kappa shape index (κ3) is 11.6. The lowest BCUT2D eigenvalue weighted by Gasteiger charge is -2.20. The van der Waals surface area contributed by atoms with Gasteiger partial charge in [-0.15, -0.1) is 0 Å². The Balaban J connectivity index is 0.000000262. The third-order valence-electron chi connectivity index (χ3n) is 1.97. The van der Waals surface area contributed by atoms with E-state index in [9.17, 15) is 4.79 Å². The van der Waals surface area contributed by atoms with Crippen molar-refractivity contribution in [3.05, 3.63) is 0 Å². The van der Waals surface area contributed by atoms with E-state index >= 15 is 0 Å². The second-order valence-corrected chi connectivity index (χ2v) is 5.12. The molecule has 0 atom stereocenters. The Morgan fingerprint density at radius 1 is 1.20 bits per heavy atom. The standard InChI is InChI=1S/C6H13N.C5H9ClO2/c1-7-5-3-2-4-6-7;1-5(2,3)8-4(6)7/h2-6H2,1H3;1-3H3. The molecule has 0 saturated carbocycles. The molecular formula is C11H22ClNO2. The number of rotatable bonds is 0. The summed E-state index contributed by atoms with van der Waals surface area (Å²) in [5.41, 5.74) is -1.21. The van der Waals surface area contributed by atoms with Gasteiger partial charge in [-0.2, -0.15) is 0 Å². The van der Waals surface area contributed by atoms with Gasteiger partial charge in [0.05, 0.1) is 0 Å². The highest BCUT2D eigenvalue weighted by atomic mass is 35.5. The molecule has 0 aromatic rings. The second-order valence-electron chi connectivity index (χ2n) is 4.82. The minimum absolute atomic E-state index is 0.459. The Labute approximate surface area is 97.7 Å². The fourth-order valence-corrected chi connectivity index (χ4v) is 1.52. The minimum atomic E-state index is -0.752. The zero-order chi connectivity index (χ0) is 11.9. The van der Waals surface area contributed by atoms with E-state index in [1.165, 1.54) is 32.4 Å². The SMILES string of the molecule is CC(C)(C)OC(=O)Cl.CN1CCCCC1. The van der Waals surface area contributed by atoms with E-state index in [1.807, 2.05) is 0 Å². The lowest BCUT2D eigenvalue weighted by Crippen LogP contribution is -2.24. The van der Waals surface area contributed by atoms with Crippen molar-refractivity contribution >= 4 is 17.0 Å².